The fourth-order valence-electron chi connectivity index (χ4n) is 1.97. The van der Waals surface area contributed by atoms with Gasteiger partial charge in [0, 0.05) is 17.3 Å². The van der Waals surface area contributed by atoms with Crippen molar-refractivity contribution in [2.24, 2.45) is 0 Å². The average molecular weight is 282 g/mol. The lowest BCUT2D eigenvalue weighted by molar-refractivity contribution is 0.0947. The number of nitrogens with two attached hydrogens (primary N) is 1. The maximum atomic E-state index is 12.2. The van der Waals surface area contributed by atoms with Crippen LogP contribution in [0.2, 0.25) is 0 Å². The molecule has 7 heteroatoms. The van der Waals surface area contributed by atoms with Crippen LogP contribution < -0.4 is 11.1 Å². The molecule has 21 heavy (non-hydrogen) atoms. The van der Waals surface area contributed by atoms with Gasteiger partial charge in [-0.1, -0.05) is 0 Å². The Labute approximate surface area is 120 Å². The Morgan fingerprint density at radius 1 is 1.33 bits per heavy atom. The average Bonchev–Trinajstić information content (AvgIpc) is 2.89. The number of nitrogens with one attached hydrogen (secondary N) is 2. The summed E-state index contributed by atoms with van der Waals surface area (Å²) >= 11 is 0. The van der Waals surface area contributed by atoms with Crippen molar-refractivity contribution in [1.29, 1.82) is 0 Å². The van der Waals surface area contributed by atoms with Gasteiger partial charge in [0.15, 0.2) is 5.69 Å². The molecular formula is C14H14N6O. The third kappa shape index (κ3) is 2.66. The molecule has 0 spiro atoms. The van der Waals surface area contributed by atoms with E-state index in [1.54, 1.807) is 30.6 Å². The highest BCUT2D eigenvalue weighted by atomic mass is 16.1. The number of amides is 1. The normalized spacial score (nSPS) is 10.7. The molecule has 0 atom stereocenters. The molecular weight excluding hydrogens is 268 g/mol. The number of aromatic amines is 1. The molecule has 3 aromatic rings. The molecule has 2 aromatic heterocycles. The topological polar surface area (TPSA) is 110 Å². The number of nitrogen functional groups attached to an aromatic ring is 1. The molecule has 2 heterocycles. The molecule has 0 aliphatic heterocycles. The molecule has 0 saturated heterocycles. The Morgan fingerprint density at radius 2 is 2.19 bits per heavy atom. The minimum atomic E-state index is -0.283. The molecule has 0 saturated carbocycles. The van der Waals surface area contributed by atoms with Gasteiger partial charge in [0.05, 0.1) is 29.6 Å². The van der Waals surface area contributed by atoms with E-state index >= 15 is 0 Å². The van der Waals surface area contributed by atoms with Crippen LogP contribution in [-0.2, 0) is 6.54 Å². The number of aromatic nitrogens is 4. The van der Waals surface area contributed by atoms with Gasteiger partial charge in [-0.3, -0.25) is 19.9 Å². The zero-order chi connectivity index (χ0) is 14.8. The summed E-state index contributed by atoms with van der Waals surface area (Å²) < 4.78 is 0. The summed E-state index contributed by atoms with van der Waals surface area (Å²) in [4.78, 5) is 20.5. The van der Waals surface area contributed by atoms with Crippen molar-refractivity contribution in [3.8, 4) is 0 Å². The van der Waals surface area contributed by atoms with E-state index in [-0.39, 0.29) is 5.91 Å². The SMILES string of the molecule is Cc1cnc(CNC(=O)c2n[nH]c3ccc(N)cc23)cn1. The second-order valence-electron chi connectivity index (χ2n) is 4.71. The molecule has 0 fully saturated rings. The van der Waals surface area contributed by atoms with E-state index < -0.39 is 0 Å². The summed E-state index contributed by atoms with van der Waals surface area (Å²) in [6.07, 6.45) is 3.29. The lowest BCUT2D eigenvalue weighted by atomic mass is 10.2. The minimum Gasteiger partial charge on any atom is -0.399 e. The first-order valence-electron chi connectivity index (χ1n) is 6.43. The second kappa shape index (κ2) is 5.20. The number of fused-ring (bicyclic) bond motifs is 1. The number of anilines is 1. The number of nitrogens with zero attached hydrogens (tertiary/aromatic N) is 3. The fourth-order valence-corrected chi connectivity index (χ4v) is 1.97. The van der Waals surface area contributed by atoms with Gasteiger partial charge < -0.3 is 11.1 Å². The molecule has 106 valence electrons. The maximum absolute atomic E-state index is 12.2. The Balaban J connectivity index is 1.78. The van der Waals surface area contributed by atoms with E-state index in [0.717, 1.165) is 11.2 Å². The molecule has 1 aromatic carbocycles. The van der Waals surface area contributed by atoms with E-state index in [0.29, 0.717) is 29.0 Å². The molecule has 0 aliphatic rings. The molecule has 0 unspecified atom stereocenters. The predicted octanol–water partition coefficient (Wildman–Crippen LogP) is 1.17. The molecule has 4 N–H and O–H groups in total. The lowest BCUT2D eigenvalue weighted by Gasteiger charge is -2.03. The summed E-state index contributed by atoms with van der Waals surface area (Å²) in [7, 11) is 0. The number of H-pyrrole nitrogens is 1. The highest BCUT2D eigenvalue weighted by Gasteiger charge is 2.14. The number of rotatable bonds is 3. The van der Waals surface area contributed by atoms with Crippen LogP contribution in [0.4, 0.5) is 5.69 Å². The van der Waals surface area contributed by atoms with Gasteiger partial charge in [0.2, 0.25) is 0 Å². The van der Waals surface area contributed by atoms with Crippen LogP contribution in [0, 0.1) is 6.92 Å². The van der Waals surface area contributed by atoms with Crippen LogP contribution in [0.1, 0.15) is 21.9 Å². The standard InChI is InChI=1S/C14H14N6O/c1-8-5-17-10(6-16-8)7-18-14(21)13-11-4-9(15)2-3-12(11)19-20-13/h2-6H,7,15H2,1H3,(H,18,21)(H,19,20). The van der Waals surface area contributed by atoms with Crippen LogP contribution in [0.15, 0.2) is 30.6 Å². The monoisotopic (exact) mass is 282 g/mol. The van der Waals surface area contributed by atoms with Crippen molar-refractivity contribution in [2.75, 3.05) is 5.73 Å². The number of hydrogen-bond donors (Lipinski definition) is 3. The van der Waals surface area contributed by atoms with Crippen molar-refractivity contribution >= 4 is 22.5 Å². The summed E-state index contributed by atoms with van der Waals surface area (Å²) in [6, 6.07) is 5.27. The van der Waals surface area contributed by atoms with E-state index in [2.05, 4.69) is 25.5 Å². The third-order valence-electron chi connectivity index (χ3n) is 3.07. The Morgan fingerprint density at radius 3 is 2.95 bits per heavy atom. The zero-order valence-corrected chi connectivity index (χ0v) is 11.4. The predicted molar refractivity (Wildman–Crippen MR) is 78.4 cm³/mol. The van der Waals surface area contributed by atoms with E-state index in [1.165, 1.54) is 0 Å². The molecule has 0 aliphatic carbocycles. The van der Waals surface area contributed by atoms with Gasteiger partial charge in [-0.15, -0.1) is 0 Å². The number of carbonyl (C=O) groups excluding carboxylic acids is 1. The fraction of sp³-hybridized carbons (Fsp3) is 0.143. The smallest absolute Gasteiger partial charge is 0.272 e. The van der Waals surface area contributed by atoms with E-state index in [1.807, 2.05) is 6.92 Å². The summed E-state index contributed by atoms with van der Waals surface area (Å²) in [5.41, 5.74) is 8.93. The van der Waals surface area contributed by atoms with Crippen LogP contribution in [0.3, 0.4) is 0 Å². The van der Waals surface area contributed by atoms with Crippen molar-refractivity contribution in [1.82, 2.24) is 25.5 Å². The summed E-state index contributed by atoms with van der Waals surface area (Å²) in [5, 5.41) is 10.3. The minimum absolute atomic E-state index is 0.283. The quantitative estimate of drug-likeness (QED) is 0.625. The van der Waals surface area contributed by atoms with Gasteiger partial charge in [0.1, 0.15) is 0 Å². The van der Waals surface area contributed by atoms with Gasteiger partial charge in [-0.25, -0.2) is 0 Å². The number of aryl methyl sites for hydroxylation is 1. The third-order valence-corrected chi connectivity index (χ3v) is 3.07. The molecule has 3 rings (SSSR count). The number of hydrogen-bond acceptors (Lipinski definition) is 5. The Bertz CT molecular complexity index is 793. The first kappa shape index (κ1) is 13.0. The van der Waals surface area contributed by atoms with Crippen molar-refractivity contribution in [3.05, 3.63) is 47.7 Å². The van der Waals surface area contributed by atoms with E-state index in [9.17, 15) is 4.79 Å². The number of carbonyl (C=O) groups is 1. The Kier molecular flexibility index (Phi) is 3.23. The van der Waals surface area contributed by atoms with Crippen molar-refractivity contribution < 1.29 is 4.79 Å². The van der Waals surface area contributed by atoms with Crippen molar-refractivity contribution in [3.63, 3.8) is 0 Å². The second-order valence-corrected chi connectivity index (χ2v) is 4.71. The first-order valence-corrected chi connectivity index (χ1v) is 6.43. The van der Waals surface area contributed by atoms with Gasteiger partial charge >= 0.3 is 0 Å². The Hall–Kier alpha value is -2.96. The maximum Gasteiger partial charge on any atom is 0.272 e. The van der Waals surface area contributed by atoms with Gasteiger partial charge in [-0.2, -0.15) is 5.10 Å². The summed E-state index contributed by atoms with van der Waals surface area (Å²) in [5.74, 6) is -0.283. The molecule has 1 amide bonds. The van der Waals surface area contributed by atoms with Gasteiger partial charge in [-0.05, 0) is 25.1 Å². The van der Waals surface area contributed by atoms with Crippen LogP contribution in [0.5, 0.6) is 0 Å². The van der Waals surface area contributed by atoms with E-state index in [4.69, 9.17) is 5.73 Å². The zero-order valence-electron chi connectivity index (χ0n) is 11.4. The molecule has 0 bridgehead atoms. The molecule has 0 radical (unpaired) electrons. The lowest BCUT2D eigenvalue weighted by Crippen LogP contribution is -2.24. The van der Waals surface area contributed by atoms with Gasteiger partial charge in [0.25, 0.3) is 5.91 Å². The highest BCUT2D eigenvalue weighted by Crippen LogP contribution is 2.18. The van der Waals surface area contributed by atoms with Crippen LogP contribution in [0.25, 0.3) is 10.9 Å². The first-order chi connectivity index (χ1) is 10.1. The largest absolute Gasteiger partial charge is 0.399 e. The number of benzene rings is 1. The molecule has 7 nitrogen and oxygen atoms in total. The highest BCUT2D eigenvalue weighted by molar-refractivity contribution is 6.05. The van der Waals surface area contributed by atoms with Crippen LogP contribution >= 0.6 is 0 Å². The van der Waals surface area contributed by atoms with Crippen molar-refractivity contribution in [2.45, 2.75) is 13.5 Å². The summed E-state index contributed by atoms with van der Waals surface area (Å²) in [6.45, 7) is 2.15. The van der Waals surface area contributed by atoms with Crippen LogP contribution in [-0.4, -0.2) is 26.1 Å².